The molecule has 2 aliphatic heterocycles. The number of carbonyl (C=O) groups is 2. The summed E-state index contributed by atoms with van der Waals surface area (Å²) in [5.41, 5.74) is 4.36. The van der Waals surface area contributed by atoms with Gasteiger partial charge in [-0.2, -0.15) is 0 Å². The molecule has 0 bridgehead atoms. The van der Waals surface area contributed by atoms with E-state index in [1.54, 1.807) is 19.9 Å². The summed E-state index contributed by atoms with van der Waals surface area (Å²) in [6.45, 7) is 4.45. The van der Waals surface area contributed by atoms with Gasteiger partial charge in [-0.3, -0.25) is 14.5 Å². The second-order valence-corrected chi connectivity index (χ2v) is 10.6. The minimum Gasteiger partial charge on any atom is -0.386 e. The van der Waals surface area contributed by atoms with Gasteiger partial charge in [0, 0.05) is 48.5 Å². The van der Waals surface area contributed by atoms with Gasteiger partial charge in [0.25, 0.3) is 11.8 Å². The maximum absolute atomic E-state index is 12.8. The Morgan fingerprint density at radius 3 is 2.67 bits per heavy atom. The Morgan fingerprint density at radius 1 is 1.24 bits per heavy atom. The Bertz CT molecular complexity index is 1260. The monoisotopic (exact) mass is 470 g/mol. The lowest BCUT2D eigenvalue weighted by Crippen LogP contribution is -2.44. The summed E-state index contributed by atoms with van der Waals surface area (Å²) in [6, 6.07) is 7.40. The Kier molecular flexibility index (Phi) is 6.33. The van der Waals surface area contributed by atoms with Crippen LogP contribution in [-0.4, -0.2) is 78.7 Å². The van der Waals surface area contributed by atoms with Crippen molar-refractivity contribution in [2.75, 3.05) is 36.5 Å². The van der Waals surface area contributed by atoms with Gasteiger partial charge in [0.05, 0.1) is 22.6 Å². The van der Waals surface area contributed by atoms with Gasteiger partial charge >= 0.3 is 0 Å². The molecule has 1 aromatic carbocycles. The number of aromatic nitrogens is 1. The molecule has 0 unspecified atom stereocenters. The highest BCUT2D eigenvalue weighted by Gasteiger charge is 2.26. The number of aryl methyl sites for hydroxylation is 1. The zero-order valence-corrected chi connectivity index (χ0v) is 19.3. The predicted molar refractivity (Wildman–Crippen MR) is 127 cm³/mol. The summed E-state index contributed by atoms with van der Waals surface area (Å²) >= 11 is 0. The van der Waals surface area contributed by atoms with E-state index in [9.17, 15) is 23.1 Å². The second kappa shape index (κ2) is 9.05. The maximum Gasteiger partial charge on any atom is 0.278 e. The molecule has 0 radical (unpaired) electrons. The van der Waals surface area contributed by atoms with Crippen LogP contribution in [0.15, 0.2) is 29.3 Å². The molecular weight excluding hydrogens is 444 g/mol. The summed E-state index contributed by atoms with van der Waals surface area (Å²) < 4.78 is 23.0. The fraction of sp³-hybridized carbons (Fsp3) is 0.348. The Hall–Kier alpha value is -3.08. The van der Waals surface area contributed by atoms with Gasteiger partial charge in [-0.05, 0) is 31.6 Å². The smallest absolute Gasteiger partial charge is 0.278 e. The first-order valence-corrected chi connectivity index (χ1v) is 12.5. The van der Waals surface area contributed by atoms with E-state index in [1.807, 2.05) is 29.2 Å². The number of benzene rings is 1. The number of amides is 2. The standard InChI is InChI=1S/C23H26N4O5S/c1-14-20(11-18-17-5-3-4-6-19(17)26-22(18)29)25-15(2)21(14)23(30)24-12-16(28)13-27-7-9-33(31,32)10-8-27/h3-6,11-12,16,25,28H,7-10,13H2,1-2H3,(H,26,29)/b18-11-,24-12?/t16-/m0/s1. The number of β-amino-alcohol motifs (C(OH)–C–C–N with tert-alkyl or cyclic N) is 1. The number of aromatic amines is 1. The van der Waals surface area contributed by atoms with Crippen molar-refractivity contribution in [2.24, 2.45) is 4.99 Å². The van der Waals surface area contributed by atoms with Crippen LogP contribution in [0.25, 0.3) is 11.6 Å². The minimum absolute atomic E-state index is 0.0678. The van der Waals surface area contributed by atoms with Crippen molar-refractivity contribution in [3.05, 3.63) is 52.3 Å². The van der Waals surface area contributed by atoms with Crippen molar-refractivity contribution < 1.29 is 23.1 Å². The van der Waals surface area contributed by atoms with E-state index in [0.29, 0.717) is 41.2 Å². The highest BCUT2D eigenvalue weighted by atomic mass is 32.2. The average Bonchev–Trinajstić information content (AvgIpc) is 3.23. The molecule has 1 aromatic heterocycles. The van der Waals surface area contributed by atoms with Crippen molar-refractivity contribution in [3.8, 4) is 0 Å². The van der Waals surface area contributed by atoms with Gasteiger partial charge in [-0.15, -0.1) is 0 Å². The van der Waals surface area contributed by atoms with Gasteiger partial charge in [0.2, 0.25) is 0 Å². The Balaban J connectivity index is 1.48. The van der Waals surface area contributed by atoms with Crippen LogP contribution in [0.5, 0.6) is 0 Å². The summed E-state index contributed by atoms with van der Waals surface area (Å²) in [4.78, 5) is 34.1. The molecule has 1 saturated heterocycles. The molecule has 4 rings (SSSR count). The SMILES string of the molecule is Cc1[nH]c(/C=C2\C(=O)Nc3ccccc32)c(C)c1C(=O)N=C[C@H](O)CN1CCS(=O)(=O)CC1. The topological polar surface area (TPSA) is 132 Å². The number of H-pyrrole nitrogens is 1. The molecule has 9 nitrogen and oxygen atoms in total. The third-order valence-corrected chi connectivity index (χ3v) is 7.54. The first-order chi connectivity index (χ1) is 15.6. The number of nitrogens with one attached hydrogen (secondary N) is 2. The first kappa shape index (κ1) is 23.1. The molecular formula is C23H26N4O5S. The lowest BCUT2D eigenvalue weighted by molar-refractivity contribution is -0.110. The predicted octanol–water partition coefficient (Wildman–Crippen LogP) is 1.43. The zero-order chi connectivity index (χ0) is 23.8. The van der Waals surface area contributed by atoms with Crippen molar-refractivity contribution in [3.63, 3.8) is 0 Å². The number of anilines is 1. The van der Waals surface area contributed by atoms with Gasteiger partial charge in [0.15, 0.2) is 9.84 Å². The number of sulfone groups is 1. The van der Waals surface area contributed by atoms with E-state index in [1.165, 1.54) is 6.21 Å². The number of para-hydroxylation sites is 1. The molecule has 1 fully saturated rings. The van der Waals surface area contributed by atoms with E-state index in [4.69, 9.17) is 0 Å². The molecule has 33 heavy (non-hydrogen) atoms. The Morgan fingerprint density at radius 2 is 1.94 bits per heavy atom. The lowest BCUT2D eigenvalue weighted by Gasteiger charge is -2.27. The van der Waals surface area contributed by atoms with E-state index in [2.05, 4.69) is 15.3 Å². The van der Waals surface area contributed by atoms with Crippen molar-refractivity contribution in [1.82, 2.24) is 9.88 Å². The summed E-state index contributed by atoms with van der Waals surface area (Å²) in [5.74, 6) is -0.568. The molecule has 2 aliphatic rings. The first-order valence-electron chi connectivity index (χ1n) is 10.7. The van der Waals surface area contributed by atoms with Crippen LogP contribution < -0.4 is 5.32 Å². The third-order valence-electron chi connectivity index (χ3n) is 5.93. The molecule has 10 heteroatoms. The van der Waals surface area contributed by atoms with E-state index < -0.39 is 21.8 Å². The maximum atomic E-state index is 12.8. The molecule has 1 atom stereocenters. The van der Waals surface area contributed by atoms with Crippen molar-refractivity contribution >= 4 is 45.2 Å². The molecule has 2 amide bonds. The van der Waals surface area contributed by atoms with E-state index in [0.717, 1.165) is 11.3 Å². The van der Waals surface area contributed by atoms with Crippen LogP contribution in [0, 0.1) is 13.8 Å². The number of aliphatic hydroxyl groups is 1. The fourth-order valence-corrected chi connectivity index (χ4v) is 5.41. The van der Waals surface area contributed by atoms with Crippen LogP contribution in [-0.2, 0) is 14.6 Å². The number of fused-ring (bicyclic) bond motifs is 1. The van der Waals surface area contributed by atoms with Crippen LogP contribution in [0.2, 0.25) is 0 Å². The number of rotatable bonds is 5. The molecule has 0 aliphatic carbocycles. The van der Waals surface area contributed by atoms with Gasteiger partial charge in [0.1, 0.15) is 6.10 Å². The van der Waals surface area contributed by atoms with Crippen LogP contribution >= 0.6 is 0 Å². The third kappa shape index (κ3) is 4.97. The van der Waals surface area contributed by atoms with Crippen molar-refractivity contribution in [1.29, 1.82) is 0 Å². The number of hydrogen-bond acceptors (Lipinski definition) is 6. The van der Waals surface area contributed by atoms with Crippen molar-refractivity contribution in [2.45, 2.75) is 20.0 Å². The van der Waals surface area contributed by atoms with Gasteiger partial charge in [-0.1, -0.05) is 18.2 Å². The number of nitrogens with zero attached hydrogens (tertiary/aromatic N) is 2. The highest BCUT2D eigenvalue weighted by Crippen LogP contribution is 2.33. The van der Waals surface area contributed by atoms with Crippen LogP contribution in [0.3, 0.4) is 0 Å². The summed E-state index contributed by atoms with van der Waals surface area (Å²) in [6.07, 6.45) is 1.92. The average molecular weight is 471 g/mol. The highest BCUT2D eigenvalue weighted by molar-refractivity contribution is 7.91. The molecule has 3 N–H and O–H groups in total. The van der Waals surface area contributed by atoms with Gasteiger partial charge in [-0.25, -0.2) is 13.4 Å². The zero-order valence-electron chi connectivity index (χ0n) is 18.5. The van der Waals surface area contributed by atoms with E-state index in [-0.39, 0.29) is 24.0 Å². The van der Waals surface area contributed by atoms with Crippen LogP contribution in [0.4, 0.5) is 5.69 Å². The molecule has 0 saturated carbocycles. The second-order valence-electron chi connectivity index (χ2n) is 8.32. The number of aliphatic hydroxyl groups excluding tert-OH is 1. The quantitative estimate of drug-likeness (QED) is 0.447. The largest absolute Gasteiger partial charge is 0.386 e. The Labute approximate surface area is 192 Å². The lowest BCUT2D eigenvalue weighted by atomic mass is 10.0. The number of hydrogen-bond donors (Lipinski definition) is 3. The molecule has 2 aromatic rings. The number of carbonyl (C=O) groups excluding carboxylic acids is 2. The van der Waals surface area contributed by atoms with Gasteiger partial charge < -0.3 is 15.4 Å². The molecule has 3 heterocycles. The number of aliphatic imine (C=N–C) groups is 1. The molecule has 174 valence electrons. The fourth-order valence-electron chi connectivity index (χ4n) is 4.13. The normalized spacial score (nSPS) is 20.2. The summed E-state index contributed by atoms with van der Waals surface area (Å²) in [5, 5.41) is 13.1. The summed E-state index contributed by atoms with van der Waals surface area (Å²) in [7, 11) is -2.99. The van der Waals surface area contributed by atoms with E-state index >= 15 is 0 Å². The minimum atomic E-state index is -2.99. The molecule has 0 spiro atoms. The van der Waals surface area contributed by atoms with Crippen LogP contribution in [0.1, 0.15) is 32.9 Å².